The van der Waals surface area contributed by atoms with E-state index in [0.29, 0.717) is 0 Å². The summed E-state index contributed by atoms with van der Waals surface area (Å²) in [6.07, 6.45) is -48.2. The molecule has 5 aliphatic heterocycles. The van der Waals surface area contributed by atoms with Gasteiger partial charge in [0.25, 0.3) is 0 Å². The van der Waals surface area contributed by atoms with Gasteiger partial charge in [0.05, 0.1) is 33.0 Å². The fourth-order valence-corrected chi connectivity index (χ4v) is 6.95. The molecular weight excluding hydrogens is 776 g/mol. The normalized spacial score (nSPS) is 53.2. The van der Waals surface area contributed by atoms with Gasteiger partial charge in [-0.3, -0.25) is 0 Å². The summed E-state index contributed by atoms with van der Waals surface area (Å²) in [7, 11) is 0. The summed E-state index contributed by atoms with van der Waals surface area (Å²) < 4.78 is 50.2. The lowest BCUT2D eigenvalue weighted by atomic mass is 9.95. The Morgan fingerprint density at radius 1 is 0.268 bits per heavy atom. The second kappa shape index (κ2) is 19.6. The van der Waals surface area contributed by atoms with Crippen LogP contribution in [0.1, 0.15) is 0 Å². The fraction of sp³-hybridized carbons (Fsp3) is 1.00. The van der Waals surface area contributed by atoms with E-state index < -0.39 is 187 Å². The molecule has 0 amide bonds. The van der Waals surface area contributed by atoms with Gasteiger partial charge >= 0.3 is 0 Å². The highest BCUT2D eigenvalue weighted by atomic mass is 16.8. The van der Waals surface area contributed by atoms with Crippen LogP contribution in [0.4, 0.5) is 0 Å². The van der Waals surface area contributed by atoms with E-state index in [1.807, 2.05) is 0 Å². The summed E-state index contributed by atoms with van der Waals surface area (Å²) in [5.74, 6) is 0. The summed E-state index contributed by atoms with van der Waals surface area (Å²) in [5.41, 5.74) is 0. The van der Waals surface area contributed by atoms with E-state index in [1.165, 1.54) is 0 Å². The third-order valence-corrected chi connectivity index (χ3v) is 10.3. The van der Waals surface area contributed by atoms with Gasteiger partial charge in [0.15, 0.2) is 31.5 Å². The third kappa shape index (κ3) is 9.16. The van der Waals surface area contributed by atoms with Gasteiger partial charge in [-0.25, -0.2) is 0 Å². The summed E-state index contributed by atoms with van der Waals surface area (Å²) in [6, 6.07) is 0. The third-order valence-electron chi connectivity index (χ3n) is 10.3. The Morgan fingerprint density at radius 2 is 0.518 bits per heavy atom. The molecule has 5 saturated heterocycles. The molecule has 328 valence electrons. The van der Waals surface area contributed by atoms with Crippen LogP contribution in [0.5, 0.6) is 0 Å². The van der Waals surface area contributed by atoms with Crippen molar-refractivity contribution in [2.45, 2.75) is 154 Å². The van der Waals surface area contributed by atoms with Crippen LogP contribution >= 0.6 is 0 Å². The van der Waals surface area contributed by atoms with Crippen LogP contribution in [0.15, 0.2) is 0 Å². The first-order chi connectivity index (χ1) is 26.5. The Bertz CT molecular complexity index is 1210. The van der Waals surface area contributed by atoms with Gasteiger partial charge in [0, 0.05) is 0 Å². The van der Waals surface area contributed by atoms with Crippen molar-refractivity contribution in [3.05, 3.63) is 0 Å². The summed E-state index contributed by atoms with van der Waals surface area (Å²) in [4.78, 5) is 0. The highest BCUT2D eigenvalue weighted by molar-refractivity contribution is 4.98. The van der Waals surface area contributed by atoms with E-state index in [2.05, 4.69) is 0 Å². The molecule has 5 rings (SSSR count). The Balaban J connectivity index is 1.45. The van der Waals surface area contributed by atoms with Gasteiger partial charge in [-0.1, -0.05) is 0 Å². The van der Waals surface area contributed by atoms with E-state index in [9.17, 15) is 86.8 Å². The zero-order chi connectivity index (χ0) is 41.3. The molecule has 17 N–H and O–H groups in total. The van der Waals surface area contributed by atoms with Crippen LogP contribution < -0.4 is 0 Å². The molecule has 0 aromatic heterocycles. The molecule has 56 heavy (non-hydrogen) atoms. The topological polar surface area (TPSA) is 427 Å². The zero-order valence-electron chi connectivity index (χ0n) is 29.2. The van der Waals surface area contributed by atoms with Crippen molar-refractivity contribution in [2.75, 3.05) is 33.0 Å². The lowest BCUT2D eigenvalue weighted by Crippen LogP contribution is -2.68. The summed E-state index contributed by atoms with van der Waals surface area (Å²) >= 11 is 0. The van der Waals surface area contributed by atoms with Gasteiger partial charge in [0.1, 0.15) is 122 Å². The van der Waals surface area contributed by atoms with Crippen LogP contribution in [0.2, 0.25) is 0 Å². The first-order valence-corrected chi connectivity index (χ1v) is 17.6. The van der Waals surface area contributed by atoms with Crippen LogP contribution in [-0.2, 0) is 42.6 Å². The number of aliphatic hydroxyl groups is 17. The quantitative estimate of drug-likeness (QED) is 0.0819. The predicted molar refractivity (Wildman–Crippen MR) is 167 cm³/mol. The summed E-state index contributed by atoms with van der Waals surface area (Å²) in [5, 5.41) is 177. The molecular formula is C30H52O26. The van der Waals surface area contributed by atoms with Gasteiger partial charge < -0.3 is 129 Å². The zero-order valence-corrected chi connectivity index (χ0v) is 29.2. The molecule has 0 radical (unpaired) electrons. The molecule has 0 aliphatic carbocycles. The minimum Gasteiger partial charge on any atom is -0.394 e. The SMILES string of the molecule is OC[C@H]1O[C@@H](O[C@@H]2[C@@H](O[C@@H]3[C@@H](O[C@@H]4[C@@H](O[C@@H]5C(O)O[C@H](CO)[C@@H](O)[C@@H]5O)O[C@H](CO)[C@@H](O)[C@@H]4O)O[C@H](CO)[C@@H](O)[C@@H]3O)O[C@H](CO)[C@@H](O)[C@@H]2O)[C@@H](O)[C@@H](O)[C@@H]1O. The largest absolute Gasteiger partial charge is 0.394 e. The van der Waals surface area contributed by atoms with Crippen molar-refractivity contribution >= 4 is 0 Å². The Labute approximate surface area is 316 Å². The van der Waals surface area contributed by atoms with Crippen LogP contribution in [0.25, 0.3) is 0 Å². The predicted octanol–water partition coefficient (Wildman–Crippen LogP) is -11.9. The van der Waals surface area contributed by atoms with E-state index in [-0.39, 0.29) is 0 Å². The Morgan fingerprint density at radius 3 is 0.857 bits per heavy atom. The maximum absolute atomic E-state index is 11.3. The standard InChI is InChI=1S/C30H52O26/c31-1-6-12(37)17(42)22(26(47)48-6)53-28-24(19(44)14(39)8(3-33)50-28)55-30-25(20(45)15(40)10(5-35)52-30)56-29-23(18(43)13(38)9(4-34)51-29)54-27-21(46)16(41)11(36)7(2-32)49-27/h6-47H,1-5H2/t6-,7-,8-,9-,10-,11-,12-,13-,14-,15-,16+,17+,18+,19+,20+,21+,22+,23+,24+,25+,26?,27+,28-,29-,30-/m1/s1. The second-order valence-corrected chi connectivity index (χ2v) is 13.9. The van der Waals surface area contributed by atoms with Crippen molar-refractivity contribution in [3.8, 4) is 0 Å². The second-order valence-electron chi connectivity index (χ2n) is 13.9. The molecule has 5 heterocycles. The van der Waals surface area contributed by atoms with Gasteiger partial charge in [-0.05, 0) is 0 Å². The number of hydrogen-bond donors (Lipinski definition) is 17. The van der Waals surface area contributed by atoms with Crippen molar-refractivity contribution < 1.29 is 129 Å². The Hall–Kier alpha value is -1.04. The molecule has 0 spiro atoms. The molecule has 0 saturated carbocycles. The van der Waals surface area contributed by atoms with Crippen molar-refractivity contribution in [3.63, 3.8) is 0 Å². The van der Waals surface area contributed by atoms with Gasteiger partial charge in [-0.2, -0.15) is 0 Å². The van der Waals surface area contributed by atoms with Crippen molar-refractivity contribution in [2.24, 2.45) is 0 Å². The van der Waals surface area contributed by atoms with Crippen LogP contribution in [0, 0.1) is 0 Å². The first kappa shape index (κ1) is 46.0. The molecule has 25 atom stereocenters. The Kier molecular flexibility index (Phi) is 16.1. The molecule has 26 nitrogen and oxygen atoms in total. The van der Waals surface area contributed by atoms with Crippen molar-refractivity contribution in [1.82, 2.24) is 0 Å². The molecule has 5 fully saturated rings. The van der Waals surface area contributed by atoms with E-state index in [0.717, 1.165) is 0 Å². The van der Waals surface area contributed by atoms with E-state index >= 15 is 0 Å². The summed E-state index contributed by atoms with van der Waals surface area (Å²) in [6.45, 7) is -4.60. The number of hydrogen-bond acceptors (Lipinski definition) is 26. The number of ether oxygens (including phenoxy) is 9. The minimum atomic E-state index is -2.16. The first-order valence-electron chi connectivity index (χ1n) is 17.6. The van der Waals surface area contributed by atoms with Gasteiger partial charge in [0.2, 0.25) is 0 Å². The maximum atomic E-state index is 11.3. The van der Waals surface area contributed by atoms with Crippen LogP contribution in [0.3, 0.4) is 0 Å². The average molecular weight is 829 g/mol. The molecule has 1 unspecified atom stereocenters. The lowest BCUT2D eigenvalue weighted by Gasteiger charge is -2.50. The van der Waals surface area contributed by atoms with E-state index in [1.54, 1.807) is 0 Å². The molecule has 5 aliphatic rings. The van der Waals surface area contributed by atoms with Crippen molar-refractivity contribution in [1.29, 1.82) is 0 Å². The highest BCUT2D eigenvalue weighted by Gasteiger charge is 2.57. The molecule has 0 aromatic rings. The van der Waals surface area contributed by atoms with Gasteiger partial charge in [-0.15, -0.1) is 0 Å². The van der Waals surface area contributed by atoms with Crippen LogP contribution in [-0.4, -0.2) is 273 Å². The van der Waals surface area contributed by atoms with E-state index in [4.69, 9.17) is 42.6 Å². The lowest BCUT2D eigenvalue weighted by molar-refractivity contribution is -0.412. The average Bonchev–Trinajstić information content (AvgIpc) is 3.19. The fourth-order valence-electron chi connectivity index (χ4n) is 6.95. The number of rotatable bonds is 13. The maximum Gasteiger partial charge on any atom is 0.187 e. The molecule has 0 aromatic carbocycles. The number of aliphatic hydroxyl groups excluding tert-OH is 17. The minimum absolute atomic E-state index is 0.833. The monoisotopic (exact) mass is 828 g/mol. The highest BCUT2D eigenvalue weighted by Crippen LogP contribution is 2.36. The molecule has 0 bridgehead atoms. The molecule has 26 heteroatoms. The smallest absolute Gasteiger partial charge is 0.187 e.